The van der Waals surface area contributed by atoms with E-state index >= 15 is 0 Å². The minimum Gasteiger partial charge on any atom is -0.379 e. The van der Waals surface area contributed by atoms with Crippen LogP contribution in [0.3, 0.4) is 0 Å². The van der Waals surface area contributed by atoms with Gasteiger partial charge in [0.2, 0.25) is 0 Å². The standard InChI is InChI=1S/C21H35N5O/c1-3-22-21(23-17-19(2)25-13-15-27-16-14-25)26-11-9-24(10-12-26)18-20-7-5-4-6-8-20/h4-8,19H,3,9-18H2,1-2H3,(H,22,23). The van der Waals surface area contributed by atoms with Gasteiger partial charge in [0.15, 0.2) is 5.96 Å². The molecule has 0 saturated carbocycles. The molecule has 2 saturated heterocycles. The predicted molar refractivity (Wildman–Crippen MR) is 111 cm³/mol. The molecule has 0 radical (unpaired) electrons. The summed E-state index contributed by atoms with van der Waals surface area (Å²) in [6.07, 6.45) is 0. The Morgan fingerprint density at radius 1 is 1.07 bits per heavy atom. The third-order valence-corrected chi connectivity index (χ3v) is 5.43. The van der Waals surface area contributed by atoms with E-state index in [1.165, 1.54) is 5.56 Å². The molecule has 150 valence electrons. The van der Waals surface area contributed by atoms with Gasteiger partial charge in [0.05, 0.1) is 19.8 Å². The van der Waals surface area contributed by atoms with Crippen LogP contribution in [0.25, 0.3) is 0 Å². The Labute approximate surface area is 164 Å². The molecule has 1 atom stereocenters. The Bertz CT molecular complexity index is 565. The number of aliphatic imine (C=N–C) groups is 1. The minimum atomic E-state index is 0.460. The van der Waals surface area contributed by atoms with Crippen molar-refractivity contribution >= 4 is 5.96 Å². The zero-order chi connectivity index (χ0) is 18.9. The van der Waals surface area contributed by atoms with E-state index in [9.17, 15) is 0 Å². The summed E-state index contributed by atoms with van der Waals surface area (Å²) in [5.74, 6) is 1.07. The SMILES string of the molecule is CCNC(=NCC(C)N1CCOCC1)N1CCN(Cc2ccccc2)CC1. The molecule has 27 heavy (non-hydrogen) atoms. The quantitative estimate of drug-likeness (QED) is 0.605. The summed E-state index contributed by atoms with van der Waals surface area (Å²) in [5, 5.41) is 3.49. The molecule has 6 heteroatoms. The van der Waals surface area contributed by atoms with Gasteiger partial charge in [0.1, 0.15) is 0 Å². The number of hydrogen-bond acceptors (Lipinski definition) is 4. The van der Waals surface area contributed by atoms with Crippen LogP contribution in [0.2, 0.25) is 0 Å². The largest absolute Gasteiger partial charge is 0.379 e. The molecule has 0 amide bonds. The summed E-state index contributed by atoms with van der Waals surface area (Å²) in [6, 6.07) is 11.2. The summed E-state index contributed by atoms with van der Waals surface area (Å²) < 4.78 is 5.46. The first-order valence-corrected chi connectivity index (χ1v) is 10.4. The lowest BCUT2D eigenvalue weighted by atomic mass is 10.2. The smallest absolute Gasteiger partial charge is 0.194 e. The summed E-state index contributed by atoms with van der Waals surface area (Å²) in [6.45, 7) is 15.2. The number of guanidine groups is 1. The normalized spacial score (nSPS) is 21.3. The second-order valence-electron chi connectivity index (χ2n) is 7.44. The summed E-state index contributed by atoms with van der Waals surface area (Å²) in [4.78, 5) is 12.4. The van der Waals surface area contributed by atoms with Crippen LogP contribution >= 0.6 is 0 Å². The Hall–Kier alpha value is -1.63. The van der Waals surface area contributed by atoms with Gasteiger partial charge in [-0.3, -0.25) is 14.8 Å². The van der Waals surface area contributed by atoms with E-state index in [2.05, 4.69) is 64.2 Å². The van der Waals surface area contributed by atoms with Crippen LogP contribution in [-0.2, 0) is 11.3 Å². The van der Waals surface area contributed by atoms with Gasteiger partial charge in [0, 0.05) is 58.4 Å². The van der Waals surface area contributed by atoms with Crippen molar-refractivity contribution in [1.82, 2.24) is 20.0 Å². The molecule has 0 aliphatic carbocycles. The summed E-state index contributed by atoms with van der Waals surface area (Å²) >= 11 is 0. The van der Waals surface area contributed by atoms with Crippen molar-refractivity contribution in [2.75, 3.05) is 65.6 Å². The molecule has 1 N–H and O–H groups in total. The first-order chi connectivity index (χ1) is 13.3. The van der Waals surface area contributed by atoms with E-state index in [0.717, 1.165) is 78.1 Å². The number of piperazine rings is 1. The fourth-order valence-electron chi connectivity index (χ4n) is 3.74. The van der Waals surface area contributed by atoms with Gasteiger partial charge in [-0.15, -0.1) is 0 Å². The zero-order valence-electron chi connectivity index (χ0n) is 16.9. The van der Waals surface area contributed by atoms with Crippen LogP contribution in [0.5, 0.6) is 0 Å². The highest BCUT2D eigenvalue weighted by Crippen LogP contribution is 2.09. The molecular formula is C21H35N5O. The molecular weight excluding hydrogens is 338 g/mol. The third kappa shape index (κ3) is 6.19. The van der Waals surface area contributed by atoms with Crippen LogP contribution in [0.1, 0.15) is 19.4 Å². The number of morpholine rings is 1. The first-order valence-electron chi connectivity index (χ1n) is 10.4. The lowest BCUT2D eigenvalue weighted by Gasteiger charge is -2.37. The Morgan fingerprint density at radius 3 is 2.44 bits per heavy atom. The highest BCUT2D eigenvalue weighted by molar-refractivity contribution is 5.80. The Morgan fingerprint density at radius 2 is 1.78 bits per heavy atom. The molecule has 2 fully saturated rings. The van der Waals surface area contributed by atoms with Crippen LogP contribution in [0.15, 0.2) is 35.3 Å². The topological polar surface area (TPSA) is 43.3 Å². The van der Waals surface area contributed by atoms with Crippen molar-refractivity contribution in [2.45, 2.75) is 26.4 Å². The van der Waals surface area contributed by atoms with Gasteiger partial charge < -0.3 is 15.0 Å². The van der Waals surface area contributed by atoms with Crippen molar-refractivity contribution in [3.05, 3.63) is 35.9 Å². The monoisotopic (exact) mass is 373 g/mol. The van der Waals surface area contributed by atoms with Gasteiger partial charge in [-0.25, -0.2) is 0 Å². The lowest BCUT2D eigenvalue weighted by molar-refractivity contribution is 0.0220. The number of ether oxygens (including phenoxy) is 1. The molecule has 0 spiro atoms. The van der Waals surface area contributed by atoms with Crippen molar-refractivity contribution in [3.63, 3.8) is 0 Å². The third-order valence-electron chi connectivity index (χ3n) is 5.43. The van der Waals surface area contributed by atoms with E-state index in [-0.39, 0.29) is 0 Å². The number of nitrogens with zero attached hydrogens (tertiary/aromatic N) is 4. The van der Waals surface area contributed by atoms with Gasteiger partial charge >= 0.3 is 0 Å². The van der Waals surface area contributed by atoms with Crippen molar-refractivity contribution in [1.29, 1.82) is 0 Å². The van der Waals surface area contributed by atoms with Gasteiger partial charge in [-0.1, -0.05) is 30.3 Å². The highest BCUT2D eigenvalue weighted by atomic mass is 16.5. The molecule has 2 aliphatic rings. The maximum absolute atomic E-state index is 5.46. The maximum Gasteiger partial charge on any atom is 0.194 e. The number of hydrogen-bond donors (Lipinski definition) is 1. The molecule has 3 rings (SSSR count). The van der Waals surface area contributed by atoms with Crippen molar-refractivity contribution in [2.24, 2.45) is 4.99 Å². The van der Waals surface area contributed by atoms with Crippen molar-refractivity contribution in [3.8, 4) is 0 Å². The van der Waals surface area contributed by atoms with E-state index in [0.29, 0.717) is 6.04 Å². The number of benzene rings is 1. The predicted octanol–water partition coefficient (Wildman–Crippen LogP) is 1.49. The minimum absolute atomic E-state index is 0.460. The van der Waals surface area contributed by atoms with Crippen LogP contribution in [0, 0.1) is 0 Å². The Balaban J connectivity index is 1.49. The average molecular weight is 374 g/mol. The van der Waals surface area contributed by atoms with Gasteiger partial charge in [0.25, 0.3) is 0 Å². The highest BCUT2D eigenvalue weighted by Gasteiger charge is 2.21. The maximum atomic E-state index is 5.46. The molecule has 2 heterocycles. The fraction of sp³-hybridized carbons (Fsp3) is 0.667. The molecule has 1 aromatic rings. The second kappa shape index (κ2) is 10.6. The molecule has 1 unspecified atom stereocenters. The lowest BCUT2D eigenvalue weighted by Crippen LogP contribution is -2.52. The first kappa shape index (κ1) is 20.1. The summed E-state index contributed by atoms with van der Waals surface area (Å²) in [5.41, 5.74) is 1.39. The van der Waals surface area contributed by atoms with Crippen LogP contribution in [0.4, 0.5) is 0 Å². The van der Waals surface area contributed by atoms with Crippen LogP contribution < -0.4 is 5.32 Å². The van der Waals surface area contributed by atoms with Crippen molar-refractivity contribution < 1.29 is 4.74 Å². The molecule has 0 bridgehead atoms. The molecule has 1 aromatic carbocycles. The Kier molecular flexibility index (Phi) is 7.93. The van der Waals surface area contributed by atoms with E-state index in [1.807, 2.05) is 0 Å². The fourth-order valence-corrected chi connectivity index (χ4v) is 3.74. The molecule has 6 nitrogen and oxygen atoms in total. The number of rotatable bonds is 6. The average Bonchev–Trinajstić information content (AvgIpc) is 2.73. The zero-order valence-corrected chi connectivity index (χ0v) is 16.9. The second-order valence-corrected chi connectivity index (χ2v) is 7.44. The van der Waals surface area contributed by atoms with E-state index in [4.69, 9.17) is 9.73 Å². The van der Waals surface area contributed by atoms with Gasteiger partial charge in [-0.2, -0.15) is 0 Å². The van der Waals surface area contributed by atoms with Gasteiger partial charge in [-0.05, 0) is 19.4 Å². The van der Waals surface area contributed by atoms with Crippen LogP contribution in [-0.4, -0.2) is 92.3 Å². The van der Waals surface area contributed by atoms with E-state index < -0.39 is 0 Å². The molecule has 2 aliphatic heterocycles. The van der Waals surface area contributed by atoms with E-state index in [1.54, 1.807) is 0 Å². The number of nitrogens with one attached hydrogen (secondary N) is 1. The summed E-state index contributed by atoms with van der Waals surface area (Å²) in [7, 11) is 0. The molecule has 0 aromatic heterocycles.